The Kier molecular flexibility index (Phi) is 6.99. The van der Waals surface area contributed by atoms with E-state index in [1.807, 2.05) is 0 Å². The predicted octanol–water partition coefficient (Wildman–Crippen LogP) is 3.45. The molecule has 0 spiro atoms. The monoisotopic (exact) mass is 472 g/mol. The molecule has 3 aliphatic rings. The molecule has 1 aliphatic carbocycles. The molecule has 5 rings (SSSR count). The molecule has 0 N–H and O–H groups in total. The highest BCUT2D eigenvalue weighted by atomic mass is 19.1. The summed E-state index contributed by atoms with van der Waals surface area (Å²) in [6.07, 6.45) is 5.66. The van der Waals surface area contributed by atoms with Gasteiger partial charge in [-0.1, -0.05) is 11.2 Å². The highest BCUT2D eigenvalue weighted by Gasteiger charge is 2.43. The third-order valence-corrected chi connectivity index (χ3v) is 7.46. The second kappa shape index (κ2) is 10.3. The van der Waals surface area contributed by atoms with Crippen molar-refractivity contribution >= 4 is 11.9 Å². The van der Waals surface area contributed by atoms with E-state index in [1.165, 1.54) is 12.5 Å². The maximum absolute atomic E-state index is 14.4. The highest BCUT2D eigenvalue weighted by molar-refractivity contribution is 5.79. The number of nitrogens with zero attached hydrogens (tertiary/aromatic N) is 4. The van der Waals surface area contributed by atoms with E-state index >= 15 is 0 Å². The molecule has 0 unspecified atom stereocenters. The zero-order valence-corrected chi connectivity index (χ0v) is 19.7. The summed E-state index contributed by atoms with van der Waals surface area (Å²) in [5, 5.41) is 3.95. The minimum Gasteiger partial charge on any atom is -0.493 e. The van der Waals surface area contributed by atoms with E-state index in [2.05, 4.69) is 15.0 Å². The lowest BCUT2D eigenvalue weighted by Gasteiger charge is -2.31. The van der Waals surface area contributed by atoms with E-state index < -0.39 is 0 Å². The van der Waals surface area contributed by atoms with Gasteiger partial charge in [0.1, 0.15) is 18.2 Å². The molecule has 184 valence electrons. The first-order valence-corrected chi connectivity index (χ1v) is 12.4. The smallest absolute Gasteiger partial charge is 0.324 e. The Hall–Kier alpha value is -2.68. The highest BCUT2D eigenvalue weighted by Crippen LogP contribution is 2.50. The molecule has 1 saturated carbocycles. The summed E-state index contributed by atoms with van der Waals surface area (Å²) in [5.74, 6) is 2.92. The van der Waals surface area contributed by atoms with Crippen molar-refractivity contribution in [3.05, 3.63) is 35.4 Å². The molecular weight excluding hydrogens is 439 g/mol. The molecule has 2 atom stereocenters. The standard InChI is InChI=1S/C25H33FN4O4/c1-32-16-23-27-25(34-28-23)30-10-5-17(6-11-30)21-13-18(21)7-12-33-20-4-3-19(22(26)15-20)14-24(31)29-8-2-9-29/h3-4,15,17-18,21H,2,5-14,16H2,1H3/t18-,21+/m1/s1. The molecule has 34 heavy (non-hydrogen) atoms. The fraction of sp³-hybridized carbons (Fsp3) is 0.640. The van der Waals surface area contributed by atoms with E-state index in [-0.39, 0.29) is 18.1 Å². The van der Waals surface area contributed by atoms with Crippen molar-refractivity contribution in [1.29, 1.82) is 0 Å². The van der Waals surface area contributed by atoms with Gasteiger partial charge in [0.15, 0.2) is 5.82 Å². The summed E-state index contributed by atoms with van der Waals surface area (Å²) in [6, 6.07) is 5.46. The van der Waals surface area contributed by atoms with Gasteiger partial charge in [-0.25, -0.2) is 4.39 Å². The average Bonchev–Trinajstić information content (AvgIpc) is 3.41. The lowest BCUT2D eigenvalue weighted by molar-refractivity contribution is -0.133. The van der Waals surface area contributed by atoms with Crippen LogP contribution in [0.4, 0.5) is 10.4 Å². The molecule has 1 amide bonds. The van der Waals surface area contributed by atoms with Gasteiger partial charge in [0, 0.05) is 39.4 Å². The summed E-state index contributed by atoms with van der Waals surface area (Å²) < 4.78 is 30.7. The van der Waals surface area contributed by atoms with Crippen molar-refractivity contribution in [1.82, 2.24) is 15.0 Å². The number of ether oxygens (including phenoxy) is 2. The number of halogens is 1. The first-order valence-electron chi connectivity index (χ1n) is 12.4. The zero-order valence-electron chi connectivity index (χ0n) is 19.7. The van der Waals surface area contributed by atoms with Gasteiger partial charge in [-0.2, -0.15) is 4.98 Å². The number of carbonyl (C=O) groups excluding carboxylic acids is 1. The fourth-order valence-corrected chi connectivity index (χ4v) is 5.19. The number of carbonyl (C=O) groups is 1. The molecule has 1 aromatic heterocycles. The quantitative estimate of drug-likeness (QED) is 0.524. The normalized spacial score (nSPS) is 22.5. The van der Waals surface area contributed by atoms with E-state index in [9.17, 15) is 9.18 Å². The van der Waals surface area contributed by atoms with E-state index in [0.717, 1.165) is 63.7 Å². The Bertz CT molecular complexity index is 987. The van der Waals surface area contributed by atoms with Gasteiger partial charge in [0.05, 0.1) is 13.0 Å². The Morgan fingerprint density at radius 3 is 2.76 bits per heavy atom. The molecule has 3 fully saturated rings. The first kappa shape index (κ1) is 23.1. The van der Waals surface area contributed by atoms with Crippen molar-refractivity contribution in [2.75, 3.05) is 44.8 Å². The van der Waals surface area contributed by atoms with Crippen LogP contribution in [0.25, 0.3) is 0 Å². The number of methoxy groups -OCH3 is 1. The summed E-state index contributed by atoms with van der Waals surface area (Å²) in [5.41, 5.74) is 0.438. The number of amides is 1. The number of hydrogen-bond donors (Lipinski definition) is 0. The van der Waals surface area contributed by atoms with Crippen molar-refractivity contribution in [2.45, 2.75) is 45.1 Å². The molecule has 1 aromatic carbocycles. The Morgan fingerprint density at radius 2 is 2.06 bits per heavy atom. The molecule has 0 radical (unpaired) electrons. The maximum atomic E-state index is 14.4. The maximum Gasteiger partial charge on any atom is 0.324 e. The van der Waals surface area contributed by atoms with Crippen LogP contribution in [0.3, 0.4) is 0 Å². The Morgan fingerprint density at radius 1 is 1.24 bits per heavy atom. The number of aromatic nitrogens is 2. The molecule has 9 heteroatoms. The van der Waals surface area contributed by atoms with Gasteiger partial charge < -0.3 is 23.8 Å². The van der Waals surface area contributed by atoms with Crippen LogP contribution in [-0.4, -0.2) is 60.8 Å². The van der Waals surface area contributed by atoms with Crippen molar-refractivity contribution < 1.29 is 23.2 Å². The van der Waals surface area contributed by atoms with Crippen molar-refractivity contribution in [3.8, 4) is 5.75 Å². The van der Waals surface area contributed by atoms with Crippen LogP contribution >= 0.6 is 0 Å². The zero-order chi connectivity index (χ0) is 23.5. The predicted molar refractivity (Wildman–Crippen MR) is 123 cm³/mol. The summed E-state index contributed by atoms with van der Waals surface area (Å²) in [7, 11) is 1.62. The molecule has 2 aliphatic heterocycles. The van der Waals surface area contributed by atoms with Crippen LogP contribution < -0.4 is 9.64 Å². The molecule has 2 aromatic rings. The first-order chi connectivity index (χ1) is 16.6. The summed E-state index contributed by atoms with van der Waals surface area (Å²) in [4.78, 5) is 20.4. The number of benzene rings is 1. The SMILES string of the molecule is COCc1noc(N2CCC([C@@H]3C[C@H]3CCOc3ccc(CC(=O)N4CCC4)c(F)c3)CC2)n1. The van der Waals surface area contributed by atoms with Crippen molar-refractivity contribution in [3.63, 3.8) is 0 Å². The average molecular weight is 473 g/mol. The lowest BCUT2D eigenvalue weighted by atomic mass is 9.90. The molecular formula is C25H33FN4O4. The van der Waals surface area contributed by atoms with Gasteiger partial charge in [0.2, 0.25) is 5.91 Å². The van der Waals surface area contributed by atoms with Crippen LogP contribution in [0.15, 0.2) is 22.7 Å². The fourth-order valence-electron chi connectivity index (χ4n) is 5.19. The third kappa shape index (κ3) is 5.35. The molecule has 8 nitrogen and oxygen atoms in total. The summed E-state index contributed by atoms with van der Waals surface area (Å²) >= 11 is 0. The second-order valence-corrected chi connectivity index (χ2v) is 9.71. The van der Waals surface area contributed by atoms with Crippen LogP contribution in [-0.2, 0) is 22.6 Å². The number of hydrogen-bond acceptors (Lipinski definition) is 7. The van der Waals surface area contributed by atoms with Gasteiger partial charge in [-0.05, 0) is 61.5 Å². The van der Waals surface area contributed by atoms with E-state index in [0.29, 0.717) is 42.3 Å². The third-order valence-electron chi connectivity index (χ3n) is 7.46. The summed E-state index contributed by atoms with van der Waals surface area (Å²) in [6.45, 7) is 4.40. The molecule has 2 saturated heterocycles. The Labute approximate surface area is 199 Å². The number of rotatable bonds is 10. The lowest BCUT2D eigenvalue weighted by Crippen LogP contribution is -2.42. The topological polar surface area (TPSA) is 80.9 Å². The largest absolute Gasteiger partial charge is 0.493 e. The van der Waals surface area contributed by atoms with Crippen LogP contribution in [0, 0.1) is 23.6 Å². The molecule has 3 heterocycles. The van der Waals surface area contributed by atoms with Gasteiger partial charge in [-0.15, -0.1) is 0 Å². The van der Waals surface area contributed by atoms with E-state index in [1.54, 1.807) is 24.1 Å². The van der Waals surface area contributed by atoms with E-state index in [4.69, 9.17) is 14.0 Å². The van der Waals surface area contributed by atoms with Crippen molar-refractivity contribution in [2.24, 2.45) is 17.8 Å². The minimum atomic E-state index is -0.363. The van der Waals surface area contributed by atoms with Gasteiger partial charge in [-0.3, -0.25) is 4.79 Å². The molecule has 0 bridgehead atoms. The Balaban J connectivity index is 1.01. The van der Waals surface area contributed by atoms with Crippen LogP contribution in [0.5, 0.6) is 5.75 Å². The van der Waals surface area contributed by atoms with Crippen LogP contribution in [0.2, 0.25) is 0 Å². The number of anilines is 1. The number of piperidine rings is 1. The second-order valence-electron chi connectivity index (χ2n) is 9.71. The van der Waals surface area contributed by atoms with Gasteiger partial charge in [0.25, 0.3) is 0 Å². The van der Waals surface area contributed by atoms with Gasteiger partial charge >= 0.3 is 6.01 Å². The minimum absolute atomic E-state index is 0.00244. The van der Waals surface area contributed by atoms with Crippen LogP contribution in [0.1, 0.15) is 43.5 Å². The number of likely N-dealkylation sites (tertiary alicyclic amines) is 1.